The van der Waals surface area contributed by atoms with Crippen molar-refractivity contribution in [1.82, 2.24) is 15.3 Å². The maximum Gasteiger partial charge on any atom is 0.421 e. The van der Waals surface area contributed by atoms with Gasteiger partial charge in [0, 0.05) is 29.2 Å². The van der Waals surface area contributed by atoms with Crippen LogP contribution in [0.3, 0.4) is 0 Å². The number of allylic oxidation sites excluding steroid dienone is 1. The molecule has 0 radical (unpaired) electrons. The van der Waals surface area contributed by atoms with Crippen molar-refractivity contribution >= 4 is 23.0 Å². The first-order valence-corrected chi connectivity index (χ1v) is 8.94. The van der Waals surface area contributed by atoms with E-state index < -0.39 is 29.2 Å². The van der Waals surface area contributed by atoms with Crippen LogP contribution in [0.5, 0.6) is 5.88 Å². The first-order valence-electron chi connectivity index (χ1n) is 8.94. The van der Waals surface area contributed by atoms with Crippen molar-refractivity contribution in [2.75, 3.05) is 12.4 Å². The molecule has 0 bridgehead atoms. The SMILES string of the molecule is COc1ncc(C2(N)N=CC(C)=C(Nc3ccc4oc(=O)[nH]c4c3)N2)cc1C(F)(F)F. The fraction of sp³-hybridized carbons (Fsp3) is 0.211. The van der Waals surface area contributed by atoms with Gasteiger partial charge in [-0.1, -0.05) is 0 Å². The molecule has 4 rings (SSSR count). The number of hydrogen-bond acceptors (Lipinski definition) is 8. The lowest BCUT2D eigenvalue weighted by Crippen LogP contribution is -2.52. The highest BCUT2D eigenvalue weighted by Gasteiger charge is 2.39. The zero-order valence-electron chi connectivity index (χ0n) is 16.3. The van der Waals surface area contributed by atoms with Crippen molar-refractivity contribution in [1.29, 1.82) is 0 Å². The fourth-order valence-corrected chi connectivity index (χ4v) is 3.06. The highest BCUT2D eigenvalue weighted by Crippen LogP contribution is 2.37. The maximum atomic E-state index is 13.4. The van der Waals surface area contributed by atoms with Crippen LogP contribution >= 0.6 is 0 Å². The highest BCUT2D eigenvalue weighted by atomic mass is 19.4. The number of H-pyrrole nitrogens is 1. The van der Waals surface area contributed by atoms with Crippen molar-refractivity contribution in [2.24, 2.45) is 10.7 Å². The molecule has 0 aliphatic carbocycles. The Labute approximate surface area is 172 Å². The standard InChI is InChI=1S/C19H17F3N6O3/c1-9-7-25-19(23,10-5-12(18(20,21)22)16(30-2)24-8-10)28-15(9)26-11-3-4-14-13(6-11)27-17(29)31-14/h3-8,26,28H,23H2,1-2H3,(H,27,29). The lowest BCUT2D eigenvalue weighted by atomic mass is 10.1. The van der Waals surface area contributed by atoms with Gasteiger partial charge in [0.25, 0.3) is 0 Å². The molecule has 3 aromatic rings. The lowest BCUT2D eigenvalue weighted by molar-refractivity contribution is -0.139. The maximum absolute atomic E-state index is 13.4. The van der Waals surface area contributed by atoms with Crippen molar-refractivity contribution in [3.63, 3.8) is 0 Å². The number of nitrogens with zero attached hydrogens (tertiary/aromatic N) is 2. The van der Waals surface area contributed by atoms with Crippen LogP contribution in [-0.4, -0.2) is 23.3 Å². The largest absolute Gasteiger partial charge is 0.481 e. The van der Waals surface area contributed by atoms with Crippen LogP contribution in [0.1, 0.15) is 18.1 Å². The summed E-state index contributed by atoms with van der Waals surface area (Å²) in [6.07, 6.45) is -2.08. The molecule has 0 saturated heterocycles. The molecule has 1 unspecified atom stereocenters. The Morgan fingerprint density at radius 2 is 2.06 bits per heavy atom. The van der Waals surface area contributed by atoms with Crippen LogP contribution in [0.15, 0.2) is 56.1 Å². The molecule has 2 aromatic heterocycles. The number of benzene rings is 1. The summed E-state index contributed by atoms with van der Waals surface area (Å²) in [5.74, 6) is -2.45. The predicted octanol–water partition coefficient (Wildman–Crippen LogP) is 2.63. The number of aliphatic imine (C=N–C) groups is 1. The minimum Gasteiger partial charge on any atom is -0.481 e. The van der Waals surface area contributed by atoms with Gasteiger partial charge in [0.05, 0.1) is 12.6 Å². The third kappa shape index (κ3) is 3.84. The molecule has 1 aliphatic heterocycles. The summed E-state index contributed by atoms with van der Waals surface area (Å²) >= 11 is 0. The fourth-order valence-electron chi connectivity index (χ4n) is 3.06. The van der Waals surface area contributed by atoms with E-state index in [1.54, 1.807) is 25.1 Å². The molecule has 3 heterocycles. The molecular weight excluding hydrogens is 417 g/mol. The molecule has 31 heavy (non-hydrogen) atoms. The van der Waals surface area contributed by atoms with Gasteiger partial charge < -0.3 is 19.8 Å². The van der Waals surface area contributed by atoms with Crippen LogP contribution < -0.4 is 26.9 Å². The van der Waals surface area contributed by atoms with Crippen molar-refractivity contribution < 1.29 is 22.3 Å². The summed E-state index contributed by atoms with van der Waals surface area (Å²) in [6.45, 7) is 1.74. The van der Waals surface area contributed by atoms with E-state index in [2.05, 4.69) is 25.6 Å². The van der Waals surface area contributed by atoms with E-state index in [4.69, 9.17) is 14.9 Å². The number of hydrogen-bond donors (Lipinski definition) is 4. The molecule has 12 heteroatoms. The van der Waals surface area contributed by atoms with E-state index in [9.17, 15) is 18.0 Å². The molecule has 1 aliphatic rings. The summed E-state index contributed by atoms with van der Waals surface area (Å²) in [4.78, 5) is 21.8. The Morgan fingerprint density at radius 3 is 2.77 bits per heavy atom. The Morgan fingerprint density at radius 1 is 1.29 bits per heavy atom. The second-order valence-corrected chi connectivity index (χ2v) is 6.84. The average Bonchev–Trinajstić information content (AvgIpc) is 3.09. The molecule has 5 N–H and O–H groups in total. The van der Waals surface area contributed by atoms with Crippen molar-refractivity contribution in [3.8, 4) is 5.88 Å². The molecule has 0 amide bonds. The number of halogens is 3. The Kier molecular flexibility index (Phi) is 4.73. The zero-order chi connectivity index (χ0) is 22.4. The quantitative estimate of drug-likeness (QED) is 0.497. The number of fused-ring (bicyclic) bond motifs is 1. The summed E-state index contributed by atoms with van der Waals surface area (Å²) in [5.41, 5.74) is 7.30. The molecule has 1 atom stereocenters. The summed E-state index contributed by atoms with van der Waals surface area (Å²) in [6, 6.07) is 5.75. The Balaban J connectivity index is 1.66. The van der Waals surface area contributed by atoms with Crippen LogP contribution in [0.4, 0.5) is 18.9 Å². The van der Waals surface area contributed by atoms with Gasteiger partial charge in [-0.15, -0.1) is 0 Å². The van der Waals surface area contributed by atoms with Crippen LogP contribution in [0, 0.1) is 0 Å². The number of oxazole rings is 1. The highest BCUT2D eigenvalue weighted by molar-refractivity contribution is 5.82. The average molecular weight is 434 g/mol. The van der Waals surface area contributed by atoms with Gasteiger partial charge >= 0.3 is 11.9 Å². The first kappa shape index (κ1) is 20.5. The normalized spacial score (nSPS) is 18.9. The number of rotatable bonds is 4. The Hall–Kier alpha value is -3.80. The summed E-state index contributed by atoms with van der Waals surface area (Å²) in [5, 5.41) is 6.01. The van der Waals surface area contributed by atoms with Crippen LogP contribution in [0.2, 0.25) is 0 Å². The number of anilines is 1. The second-order valence-electron chi connectivity index (χ2n) is 6.84. The monoisotopic (exact) mass is 434 g/mol. The molecule has 0 saturated carbocycles. The molecule has 162 valence electrons. The minimum absolute atomic E-state index is 0.0155. The van der Waals surface area contributed by atoms with Gasteiger partial charge in [0.1, 0.15) is 11.4 Å². The smallest absolute Gasteiger partial charge is 0.421 e. The number of nitrogens with two attached hydrogens (primary N) is 1. The molecule has 0 spiro atoms. The van der Waals surface area contributed by atoms with E-state index >= 15 is 0 Å². The van der Waals surface area contributed by atoms with Gasteiger partial charge in [-0.05, 0) is 31.2 Å². The second kappa shape index (κ2) is 7.16. The number of methoxy groups -OCH3 is 1. The first-order chi connectivity index (χ1) is 14.6. The van der Waals surface area contributed by atoms with Gasteiger partial charge in [-0.25, -0.2) is 14.8 Å². The van der Waals surface area contributed by atoms with Crippen LogP contribution in [-0.2, 0) is 12.0 Å². The van der Waals surface area contributed by atoms with Gasteiger partial charge in [-0.2, -0.15) is 13.2 Å². The van der Waals surface area contributed by atoms with E-state index in [1.807, 2.05) is 0 Å². The van der Waals surface area contributed by atoms with Gasteiger partial charge in [0.2, 0.25) is 11.7 Å². The van der Waals surface area contributed by atoms with Crippen molar-refractivity contribution in [3.05, 3.63) is 63.5 Å². The third-order valence-corrected chi connectivity index (χ3v) is 4.65. The number of ether oxygens (including phenoxy) is 1. The molecular formula is C19H17F3N6O3. The number of pyridine rings is 1. The number of aromatic nitrogens is 2. The van der Waals surface area contributed by atoms with Crippen LogP contribution in [0.25, 0.3) is 11.1 Å². The van der Waals surface area contributed by atoms with Gasteiger partial charge in [-0.3, -0.25) is 10.7 Å². The molecule has 1 aromatic carbocycles. The molecule has 0 fully saturated rings. The Bertz CT molecular complexity index is 1280. The number of nitrogens with one attached hydrogen (secondary N) is 3. The predicted molar refractivity (Wildman–Crippen MR) is 106 cm³/mol. The van der Waals surface area contributed by atoms with E-state index in [0.29, 0.717) is 28.2 Å². The van der Waals surface area contributed by atoms with E-state index in [0.717, 1.165) is 13.2 Å². The van der Waals surface area contributed by atoms with Crippen molar-refractivity contribution in [2.45, 2.75) is 18.9 Å². The van der Waals surface area contributed by atoms with Gasteiger partial charge in [0.15, 0.2) is 5.58 Å². The number of aromatic amines is 1. The topological polar surface area (TPSA) is 131 Å². The summed E-state index contributed by atoms with van der Waals surface area (Å²) < 4.78 is 49.8. The van der Waals surface area contributed by atoms with E-state index in [-0.39, 0.29) is 5.56 Å². The lowest BCUT2D eigenvalue weighted by Gasteiger charge is -2.33. The third-order valence-electron chi connectivity index (χ3n) is 4.65. The summed E-state index contributed by atoms with van der Waals surface area (Å²) in [7, 11) is 1.10. The zero-order valence-corrected chi connectivity index (χ0v) is 16.3. The number of alkyl halides is 3. The molecule has 9 nitrogen and oxygen atoms in total. The minimum atomic E-state index is -4.69. The van der Waals surface area contributed by atoms with E-state index in [1.165, 1.54) is 12.4 Å².